The Balaban J connectivity index is 2.02. The minimum atomic E-state index is -0.0680. The number of hydrogen-bond donors (Lipinski definition) is 2. The second kappa shape index (κ2) is 5.00. The van der Waals surface area contributed by atoms with E-state index in [0.717, 1.165) is 11.3 Å². The predicted molar refractivity (Wildman–Crippen MR) is 74.3 cm³/mol. The van der Waals surface area contributed by atoms with Gasteiger partial charge in [-0.3, -0.25) is 10.1 Å². The van der Waals surface area contributed by atoms with Gasteiger partial charge in [0.25, 0.3) is 0 Å². The second-order valence-electron chi connectivity index (χ2n) is 4.36. The average molecular weight is 267 g/mol. The summed E-state index contributed by atoms with van der Waals surface area (Å²) in [6, 6.07) is 13.4. The lowest BCUT2D eigenvalue weighted by atomic mass is 10.2. The number of nitrogens with one attached hydrogen (secondary N) is 1. The van der Waals surface area contributed by atoms with Gasteiger partial charge >= 0.3 is 0 Å². The molecule has 0 spiro atoms. The van der Waals surface area contributed by atoms with E-state index >= 15 is 0 Å². The van der Waals surface area contributed by atoms with E-state index in [9.17, 15) is 0 Å². The van der Waals surface area contributed by atoms with Gasteiger partial charge in [-0.1, -0.05) is 35.5 Å². The normalized spacial score (nSPS) is 10.6. The van der Waals surface area contributed by atoms with Gasteiger partial charge in [0.15, 0.2) is 0 Å². The van der Waals surface area contributed by atoms with Gasteiger partial charge in [0.05, 0.1) is 12.2 Å². The maximum absolute atomic E-state index is 7.51. The molecule has 100 valence electrons. The van der Waals surface area contributed by atoms with Crippen molar-refractivity contribution in [2.75, 3.05) is 0 Å². The first-order chi connectivity index (χ1) is 9.74. The van der Waals surface area contributed by atoms with Crippen molar-refractivity contribution in [1.82, 2.24) is 14.9 Å². The summed E-state index contributed by atoms with van der Waals surface area (Å²) in [6.45, 7) is 0.580. The number of aromatic nitrogens is 3. The van der Waals surface area contributed by atoms with Crippen molar-refractivity contribution in [3.8, 4) is 11.4 Å². The molecule has 0 unspecified atom stereocenters. The van der Waals surface area contributed by atoms with Crippen molar-refractivity contribution in [2.24, 2.45) is 5.73 Å². The molecule has 6 nitrogen and oxygen atoms in total. The molecule has 1 aromatic carbocycles. The first kappa shape index (κ1) is 12.2. The molecule has 0 fully saturated rings. The van der Waals surface area contributed by atoms with E-state index in [2.05, 4.69) is 10.3 Å². The largest absolute Gasteiger partial charge is 0.382 e. The van der Waals surface area contributed by atoms with Crippen molar-refractivity contribution in [2.45, 2.75) is 6.54 Å². The zero-order valence-corrected chi connectivity index (χ0v) is 10.7. The Morgan fingerprint density at radius 2 is 2.05 bits per heavy atom. The van der Waals surface area contributed by atoms with Crippen LogP contribution in [0.3, 0.4) is 0 Å². The highest BCUT2D eigenvalue weighted by molar-refractivity contribution is 5.94. The maximum Gasteiger partial charge on any atom is 0.143 e. The molecule has 0 aliphatic heterocycles. The van der Waals surface area contributed by atoms with Crippen LogP contribution in [0.1, 0.15) is 11.3 Å². The third-order valence-corrected chi connectivity index (χ3v) is 2.93. The third kappa shape index (κ3) is 2.31. The molecule has 3 aromatic rings. The topological polar surface area (TPSA) is 93.7 Å². The molecule has 0 saturated carbocycles. The van der Waals surface area contributed by atoms with Gasteiger partial charge in [0.2, 0.25) is 0 Å². The van der Waals surface area contributed by atoms with Crippen LogP contribution in [0.25, 0.3) is 11.4 Å². The van der Waals surface area contributed by atoms with Crippen LogP contribution in [-0.2, 0) is 6.54 Å². The Labute approximate surface area is 115 Å². The van der Waals surface area contributed by atoms with Gasteiger partial charge in [0.1, 0.15) is 23.5 Å². The summed E-state index contributed by atoms with van der Waals surface area (Å²) in [5.41, 5.74) is 8.48. The zero-order chi connectivity index (χ0) is 13.9. The molecule has 0 aliphatic carbocycles. The minimum absolute atomic E-state index is 0.0680. The van der Waals surface area contributed by atoms with E-state index < -0.39 is 0 Å². The van der Waals surface area contributed by atoms with E-state index in [1.54, 1.807) is 16.8 Å². The lowest BCUT2D eigenvalue weighted by Crippen LogP contribution is -2.13. The maximum atomic E-state index is 7.51. The minimum Gasteiger partial charge on any atom is -0.382 e. The Hall–Kier alpha value is -2.89. The van der Waals surface area contributed by atoms with Crippen LogP contribution in [0.4, 0.5) is 0 Å². The van der Waals surface area contributed by atoms with Gasteiger partial charge in [-0.15, -0.1) is 0 Å². The van der Waals surface area contributed by atoms with Crippen LogP contribution < -0.4 is 5.73 Å². The summed E-state index contributed by atoms with van der Waals surface area (Å²) < 4.78 is 6.64. The van der Waals surface area contributed by atoms with E-state index in [4.69, 9.17) is 15.7 Å². The quantitative estimate of drug-likeness (QED) is 0.557. The molecule has 0 amide bonds. The highest BCUT2D eigenvalue weighted by Crippen LogP contribution is 2.19. The number of amidine groups is 1. The molecular formula is C14H13N5O. The van der Waals surface area contributed by atoms with Crippen LogP contribution in [0, 0.1) is 5.41 Å². The van der Waals surface area contributed by atoms with Gasteiger partial charge in [-0.05, 0) is 11.6 Å². The number of nitrogen functional groups attached to an aromatic ring is 1. The lowest BCUT2D eigenvalue weighted by Gasteiger charge is -2.05. The Kier molecular flexibility index (Phi) is 3.04. The van der Waals surface area contributed by atoms with Crippen molar-refractivity contribution >= 4 is 5.84 Å². The molecule has 2 heterocycles. The van der Waals surface area contributed by atoms with Crippen LogP contribution >= 0.6 is 0 Å². The fourth-order valence-corrected chi connectivity index (χ4v) is 1.98. The lowest BCUT2D eigenvalue weighted by molar-refractivity contribution is 0.421. The zero-order valence-electron chi connectivity index (χ0n) is 10.7. The molecule has 0 aliphatic rings. The molecule has 3 rings (SSSR count). The monoisotopic (exact) mass is 267 g/mol. The Morgan fingerprint density at radius 3 is 2.70 bits per heavy atom. The fourth-order valence-electron chi connectivity index (χ4n) is 1.98. The molecule has 0 saturated heterocycles. The molecule has 0 atom stereocenters. The first-order valence-corrected chi connectivity index (χ1v) is 6.11. The van der Waals surface area contributed by atoms with E-state index in [-0.39, 0.29) is 5.84 Å². The summed E-state index contributed by atoms with van der Waals surface area (Å²) in [4.78, 5) is 0. The summed E-state index contributed by atoms with van der Waals surface area (Å²) in [5, 5.41) is 15.8. The summed E-state index contributed by atoms with van der Waals surface area (Å²) >= 11 is 0. The van der Waals surface area contributed by atoms with Gasteiger partial charge in [0, 0.05) is 6.07 Å². The first-order valence-electron chi connectivity index (χ1n) is 6.11. The van der Waals surface area contributed by atoms with Crippen molar-refractivity contribution < 1.29 is 4.52 Å². The number of benzene rings is 1. The van der Waals surface area contributed by atoms with Gasteiger partial charge in [-0.25, -0.2) is 0 Å². The summed E-state index contributed by atoms with van der Waals surface area (Å²) in [5.74, 6) is -0.0680. The third-order valence-electron chi connectivity index (χ3n) is 2.93. The van der Waals surface area contributed by atoms with E-state index in [0.29, 0.717) is 17.9 Å². The smallest absolute Gasteiger partial charge is 0.143 e. The number of hydrogen-bond acceptors (Lipinski definition) is 4. The van der Waals surface area contributed by atoms with Gasteiger partial charge < -0.3 is 10.3 Å². The standard InChI is InChI=1S/C14H13N5O/c15-14(16)12-8-13(11-6-7-20-18-11)19(17-12)9-10-4-2-1-3-5-10/h1-8H,9H2,(H3,15,16). The SMILES string of the molecule is N=C(N)c1cc(-c2ccon2)n(Cc2ccccc2)n1. The average Bonchev–Trinajstić information content (AvgIpc) is 3.08. The fraction of sp³-hybridized carbons (Fsp3) is 0.0714. The van der Waals surface area contributed by atoms with Crippen molar-refractivity contribution in [1.29, 1.82) is 5.41 Å². The van der Waals surface area contributed by atoms with Crippen LogP contribution in [0.15, 0.2) is 53.3 Å². The summed E-state index contributed by atoms with van der Waals surface area (Å²) in [6.07, 6.45) is 1.50. The number of nitrogens with zero attached hydrogens (tertiary/aromatic N) is 3. The summed E-state index contributed by atoms with van der Waals surface area (Å²) in [7, 11) is 0. The highest BCUT2D eigenvalue weighted by atomic mass is 16.5. The Bertz CT molecular complexity index is 715. The van der Waals surface area contributed by atoms with Crippen molar-refractivity contribution in [3.63, 3.8) is 0 Å². The van der Waals surface area contributed by atoms with E-state index in [1.165, 1.54) is 6.26 Å². The van der Waals surface area contributed by atoms with Crippen LogP contribution in [-0.4, -0.2) is 20.8 Å². The molecule has 6 heteroatoms. The van der Waals surface area contributed by atoms with Gasteiger partial charge in [-0.2, -0.15) is 5.10 Å². The molecule has 0 radical (unpaired) electrons. The molecule has 0 bridgehead atoms. The molecule has 3 N–H and O–H groups in total. The predicted octanol–water partition coefficient (Wildman–Crippen LogP) is 1.87. The molecular weight excluding hydrogens is 254 g/mol. The Morgan fingerprint density at radius 1 is 1.25 bits per heavy atom. The van der Waals surface area contributed by atoms with Crippen LogP contribution in [0.5, 0.6) is 0 Å². The number of nitrogens with two attached hydrogens (primary N) is 1. The highest BCUT2D eigenvalue weighted by Gasteiger charge is 2.14. The van der Waals surface area contributed by atoms with E-state index in [1.807, 2.05) is 30.3 Å². The molecule has 20 heavy (non-hydrogen) atoms. The second-order valence-corrected chi connectivity index (χ2v) is 4.36. The van der Waals surface area contributed by atoms with Crippen molar-refractivity contribution in [3.05, 3.63) is 60.0 Å². The van der Waals surface area contributed by atoms with Crippen LogP contribution in [0.2, 0.25) is 0 Å². The number of rotatable bonds is 4. The molecule has 2 aromatic heterocycles.